The van der Waals surface area contributed by atoms with Gasteiger partial charge in [0.25, 0.3) is 5.91 Å². The molecule has 0 saturated carbocycles. The fourth-order valence-electron chi connectivity index (χ4n) is 3.54. The Hall–Kier alpha value is -2.71. The van der Waals surface area contributed by atoms with Gasteiger partial charge in [0.2, 0.25) is 0 Å². The topological polar surface area (TPSA) is 69.0 Å². The Morgan fingerprint density at radius 1 is 1.19 bits per heavy atom. The number of hydrogen-bond donors (Lipinski definition) is 1. The second kappa shape index (κ2) is 9.84. The first-order valence-electron chi connectivity index (χ1n) is 9.65. The van der Waals surface area contributed by atoms with Crippen LogP contribution >= 0.6 is 0 Å². The number of pyridine rings is 1. The third-order valence-electron chi connectivity index (χ3n) is 5.25. The van der Waals surface area contributed by atoms with E-state index in [0.29, 0.717) is 17.8 Å². The summed E-state index contributed by atoms with van der Waals surface area (Å²) in [5, 5.41) is 11.7. The SMILES string of the molecule is N#Cc1ccc(C(=O)NCCN2CCC(CCc3ccccc3)CC2)cn1. The highest BCUT2D eigenvalue weighted by Gasteiger charge is 2.19. The minimum Gasteiger partial charge on any atom is -0.351 e. The van der Waals surface area contributed by atoms with E-state index in [4.69, 9.17) is 5.26 Å². The molecule has 5 heteroatoms. The largest absolute Gasteiger partial charge is 0.351 e. The van der Waals surface area contributed by atoms with Crippen molar-refractivity contribution >= 4 is 5.91 Å². The Bertz CT molecular complexity index is 759. The van der Waals surface area contributed by atoms with E-state index >= 15 is 0 Å². The number of carbonyl (C=O) groups is 1. The van der Waals surface area contributed by atoms with Crippen LogP contribution in [0.2, 0.25) is 0 Å². The molecule has 1 aliphatic rings. The quantitative estimate of drug-likeness (QED) is 0.822. The number of aromatic nitrogens is 1. The fourth-order valence-corrected chi connectivity index (χ4v) is 3.54. The van der Waals surface area contributed by atoms with Crippen LogP contribution in [0.4, 0.5) is 0 Å². The molecule has 1 aromatic heterocycles. The third-order valence-corrected chi connectivity index (χ3v) is 5.25. The summed E-state index contributed by atoms with van der Waals surface area (Å²) in [5.74, 6) is 0.672. The van der Waals surface area contributed by atoms with E-state index in [-0.39, 0.29) is 5.91 Å². The van der Waals surface area contributed by atoms with E-state index in [2.05, 4.69) is 45.5 Å². The maximum atomic E-state index is 12.1. The second-order valence-corrected chi connectivity index (χ2v) is 7.11. The molecule has 1 amide bonds. The van der Waals surface area contributed by atoms with Crippen molar-refractivity contribution in [2.24, 2.45) is 5.92 Å². The van der Waals surface area contributed by atoms with Crippen molar-refractivity contribution in [2.75, 3.05) is 26.2 Å². The van der Waals surface area contributed by atoms with Crippen LogP contribution in [0.5, 0.6) is 0 Å². The monoisotopic (exact) mass is 362 g/mol. The molecule has 0 radical (unpaired) electrons. The van der Waals surface area contributed by atoms with Gasteiger partial charge in [-0.3, -0.25) is 4.79 Å². The Morgan fingerprint density at radius 3 is 2.63 bits per heavy atom. The highest BCUT2D eigenvalue weighted by molar-refractivity contribution is 5.93. The Balaban J connectivity index is 1.32. The van der Waals surface area contributed by atoms with E-state index in [1.807, 2.05) is 6.07 Å². The molecule has 0 bridgehead atoms. The number of nitriles is 1. The average Bonchev–Trinajstić information content (AvgIpc) is 2.74. The normalized spacial score (nSPS) is 15.2. The van der Waals surface area contributed by atoms with E-state index in [1.165, 1.54) is 37.4 Å². The summed E-state index contributed by atoms with van der Waals surface area (Å²) >= 11 is 0. The van der Waals surface area contributed by atoms with Gasteiger partial charge in [0.15, 0.2) is 0 Å². The van der Waals surface area contributed by atoms with Gasteiger partial charge in [-0.05, 0) is 62.4 Å². The molecule has 1 aromatic carbocycles. The lowest BCUT2D eigenvalue weighted by Gasteiger charge is -2.32. The van der Waals surface area contributed by atoms with Gasteiger partial charge in [-0.1, -0.05) is 30.3 Å². The molecule has 2 heterocycles. The van der Waals surface area contributed by atoms with Crippen LogP contribution in [0.3, 0.4) is 0 Å². The van der Waals surface area contributed by atoms with Crippen molar-refractivity contribution in [1.82, 2.24) is 15.2 Å². The number of carbonyl (C=O) groups excluding carboxylic acids is 1. The van der Waals surface area contributed by atoms with Crippen LogP contribution in [0.1, 0.15) is 40.9 Å². The van der Waals surface area contributed by atoms with E-state index < -0.39 is 0 Å². The van der Waals surface area contributed by atoms with Crippen LogP contribution in [-0.2, 0) is 6.42 Å². The summed E-state index contributed by atoms with van der Waals surface area (Å²) in [6.45, 7) is 3.72. The molecule has 3 rings (SSSR count). The fraction of sp³-hybridized carbons (Fsp3) is 0.409. The molecule has 1 fully saturated rings. The zero-order chi connectivity index (χ0) is 18.9. The zero-order valence-electron chi connectivity index (χ0n) is 15.6. The molecule has 27 heavy (non-hydrogen) atoms. The third kappa shape index (κ3) is 5.90. The van der Waals surface area contributed by atoms with Crippen molar-refractivity contribution in [2.45, 2.75) is 25.7 Å². The number of amides is 1. The first kappa shape index (κ1) is 19.1. The summed E-state index contributed by atoms with van der Waals surface area (Å²) < 4.78 is 0. The van der Waals surface area contributed by atoms with Crippen molar-refractivity contribution in [3.63, 3.8) is 0 Å². The van der Waals surface area contributed by atoms with Gasteiger partial charge in [0, 0.05) is 19.3 Å². The average molecular weight is 362 g/mol. The van der Waals surface area contributed by atoms with Crippen molar-refractivity contribution in [1.29, 1.82) is 5.26 Å². The first-order chi connectivity index (χ1) is 13.2. The number of rotatable bonds is 7. The first-order valence-corrected chi connectivity index (χ1v) is 9.65. The molecule has 1 aliphatic heterocycles. The maximum absolute atomic E-state index is 12.1. The van der Waals surface area contributed by atoms with Gasteiger partial charge < -0.3 is 10.2 Å². The van der Waals surface area contributed by atoms with Gasteiger partial charge in [-0.15, -0.1) is 0 Å². The molecule has 5 nitrogen and oxygen atoms in total. The predicted octanol–water partition coefficient (Wildman–Crippen LogP) is 3.03. The molecule has 1 N–H and O–H groups in total. The number of nitrogens with zero attached hydrogens (tertiary/aromatic N) is 3. The minimum atomic E-state index is -0.135. The van der Waals surface area contributed by atoms with Gasteiger partial charge in [0.1, 0.15) is 11.8 Å². The summed E-state index contributed by atoms with van der Waals surface area (Å²) in [4.78, 5) is 18.5. The minimum absolute atomic E-state index is 0.135. The standard InChI is InChI=1S/C22H26N4O/c23-16-21-9-8-20(17-25-21)22(27)24-12-15-26-13-10-19(11-14-26)7-6-18-4-2-1-3-5-18/h1-5,8-9,17,19H,6-7,10-15H2,(H,24,27). The van der Waals surface area contributed by atoms with Crippen LogP contribution < -0.4 is 5.32 Å². The number of benzene rings is 1. The molecular weight excluding hydrogens is 336 g/mol. The second-order valence-electron chi connectivity index (χ2n) is 7.11. The summed E-state index contributed by atoms with van der Waals surface area (Å²) in [6, 6.07) is 15.9. The number of piperidine rings is 1. The highest BCUT2D eigenvalue weighted by Crippen LogP contribution is 2.22. The smallest absolute Gasteiger partial charge is 0.252 e. The van der Waals surface area contributed by atoms with E-state index in [9.17, 15) is 4.79 Å². The summed E-state index contributed by atoms with van der Waals surface area (Å²) in [6.07, 6.45) is 6.35. The molecule has 0 spiro atoms. The van der Waals surface area contributed by atoms with Crippen LogP contribution in [0, 0.1) is 17.2 Å². The van der Waals surface area contributed by atoms with E-state index in [0.717, 1.165) is 25.6 Å². The van der Waals surface area contributed by atoms with Crippen LogP contribution in [0.25, 0.3) is 0 Å². The maximum Gasteiger partial charge on any atom is 0.252 e. The molecule has 0 aliphatic carbocycles. The predicted molar refractivity (Wildman–Crippen MR) is 105 cm³/mol. The summed E-state index contributed by atoms with van der Waals surface area (Å²) in [7, 11) is 0. The lowest BCUT2D eigenvalue weighted by molar-refractivity contribution is 0.0943. The number of aryl methyl sites for hydroxylation is 1. The number of hydrogen-bond acceptors (Lipinski definition) is 4. The Morgan fingerprint density at radius 2 is 1.96 bits per heavy atom. The number of nitrogens with one attached hydrogen (secondary N) is 1. The van der Waals surface area contributed by atoms with Crippen LogP contribution in [0.15, 0.2) is 48.7 Å². The molecular formula is C22H26N4O. The Labute approximate surface area is 161 Å². The van der Waals surface area contributed by atoms with Crippen molar-refractivity contribution in [3.8, 4) is 6.07 Å². The van der Waals surface area contributed by atoms with Gasteiger partial charge in [-0.2, -0.15) is 5.26 Å². The van der Waals surface area contributed by atoms with E-state index in [1.54, 1.807) is 12.1 Å². The summed E-state index contributed by atoms with van der Waals surface area (Å²) in [5.41, 5.74) is 2.25. The molecule has 0 unspecified atom stereocenters. The van der Waals surface area contributed by atoms with Crippen LogP contribution in [-0.4, -0.2) is 42.0 Å². The molecule has 1 saturated heterocycles. The lowest BCUT2D eigenvalue weighted by Crippen LogP contribution is -2.39. The van der Waals surface area contributed by atoms with Crippen molar-refractivity contribution < 1.29 is 4.79 Å². The molecule has 2 aromatic rings. The van der Waals surface area contributed by atoms with Crippen molar-refractivity contribution in [3.05, 3.63) is 65.5 Å². The van der Waals surface area contributed by atoms with Gasteiger partial charge >= 0.3 is 0 Å². The Kier molecular flexibility index (Phi) is 6.95. The molecule has 140 valence electrons. The zero-order valence-corrected chi connectivity index (χ0v) is 15.6. The van der Waals surface area contributed by atoms with Gasteiger partial charge in [-0.25, -0.2) is 4.98 Å². The highest BCUT2D eigenvalue weighted by atomic mass is 16.1. The molecule has 0 atom stereocenters. The van der Waals surface area contributed by atoms with Gasteiger partial charge in [0.05, 0.1) is 5.56 Å². The lowest BCUT2D eigenvalue weighted by atomic mass is 9.90. The number of likely N-dealkylation sites (tertiary alicyclic amines) is 1.